The number of carbonyl (C=O) groups excluding carboxylic acids is 1. The molecule has 2 atom stereocenters. The molecule has 9 heteroatoms. The fourth-order valence-electron chi connectivity index (χ4n) is 0. The number of rotatable bonds is 3. The van der Waals surface area contributed by atoms with E-state index in [9.17, 15) is 0 Å². The largest absolute Gasteiger partial charge is 0.481 e. The van der Waals surface area contributed by atoms with Crippen LogP contribution in [0.1, 0.15) is 104 Å². The van der Waals surface area contributed by atoms with Crippen LogP contribution in [0.4, 0.5) is 0 Å². The van der Waals surface area contributed by atoms with Gasteiger partial charge in [0, 0.05) is 35.1 Å². The zero-order chi connectivity index (χ0) is 23.8. The van der Waals surface area contributed by atoms with Gasteiger partial charge in [-0.15, -0.1) is 11.6 Å². The van der Waals surface area contributed by atoms with Crippen molar-refractivity contribution in [1.82, 2.24) is 0 Å². The van der Waals surface area contributed by atoms with E-state index < -0.39 is 15.2 Å². The average Bonchev–Trinajstić information content (AvgIpc) is 2.57. The van der Waals surface area contributed by atoms with E-state index in [2.05, 4.69) is 42.1 Å². The quantitative estimate of drug-likeness (QED) is 0.236. The smallest absolute Gasteiger partial charge is 0.300 e. The Morgan fingerprint density at radius 2 is 1.18 bits per heavy atom. The Bertz CT molecular complexity index is 232. The number of hydrogen-bond acceptors (Lipinski definition) is 4. The highest BCUT2D eigenvalue weighted by molar-refractivity contribution is 8.26. The van der Waals surface area contributed by atoms with Crippen molar-refractivity contribution in [1.29, 1.82) is 0 Å². The lowest BCUT2D eigenvalue weighted by Gasteiger charge is -1.90. The van der Waals surface area contributed by atoms with Crippen LogP contribution in [0.25, 0.3) is 0 Å². The van der Waals surface area contributed by atoms with Crippen LogP contribution < -0.4 is 0 Å². The van der Waals surface area contributed by atoms with Gasteiger partial charge in [-0.3, -0.25) is 4.79 Å². The second-order valence-electron chi connectivity index (χ2n) is 4.39. The van der Waals surface area contributed by atoms with E-state index in [1.807, 2.05) is 27.7 Å². The summed E-state index contributed by atoms with van der Waals surface area (Å²) in [5, 5.41) is 16.1. The van der Waals surface area contributed by atoms with Gasteiger partial charge in [0.15, 0.2) is 0 Å². The predicted octanol–water partition coefficient (Wildman–Crippen LogP) is 7.85. The van der Waals surface area contributed by atoms with Gasteiger partial charge in [0.05, 0.1) is 6.10 Å². The fraction of sp³-hybridized carbons (Fsp3) is 0.895. The van der Waals surface area contributed by atoms with Crippen molar-refractivity contribution in [2.24, 2.45) is 0 Å². The van der Waals surface area contributed by atoms with E-state index in [1.165, 1.54) is 19.8 Å². The first-order valence-electron chi connectivity index (χ1n) is 8.99. The standard InChI is InChI=1S/C4H9Cl.C4H10O.C4H10.C2H4O2.C2H4O.C2H6.CH4.Cl2OS.H2/c2*1-3-4(2)5;1-3-4-2;1-2(3)4;1-2-3;1-2;;1-4(2)3;/h4H,3H2,1-2H3;4-5H,3H2,1-2H3;3-4H2,1-2H3;1H3,(H,3,4);2H,1H3;1-2H3;1H4;;1H. The van der Waals surface area contributed by atoms with Gasteiger partial charge in [-0.25, -0.2) is 4.21 Å². The molecule has 0 saturated carbocycles. The number of aliphatic hydroxyl groups is 1. The Hall–Kier alpha value is 0.120. The molecule has 0 heterocycles. The van der Waals surface area contributed by atoms with E-state index in [-0.39, 0.29) is 15.0 Å². The second kappa shape index (κ2) is 63.1. The van der Waals surface area contributed by atoms with E-state index >= 15 is 0 Å². The minimum absolute atomic E-state index is 0. The van der Waals surface area contributed by atoms with Crippen molar-refractivity contribution >= 4 is 54.4 Å². The number of carboxylic acid groups (broad SMARTS) is 1. The van der Waals surface area contributed by atoms with Crippen LogP contribution in [0.3, 0.4) is 0 Å². The van der Waals surface area contributed by atoms with Crippen molar-refractivity contribution < 1.29 is 25.4 Å². The predicted molar refractivity (Wildman–Crippen MR) is 133 cm³/mol. The highest BCUT2D eigenvalue weighted by Gasteiger charge is 1.83. The number of aldehydes is 1. The molecular weight excluding hydrogens is 447 g/mol. The molecule has 0 amide bonds. The fourth-order valence-corrected chi connectivity index (χ4v) is 0. The summed E-state index contributed by atoms with van der Waals surface area (Å²) >= 11 is 5.46. The summed E-state index contributed by atoms with van der Waals surface area (Å²) in [5.74, 6) is -0.833. The SMILES string of the molecule is C.CC.CC(=O)O.CC=O.CCC(C)Cl.CCC(C)O.CCCC.O=S(Cl)Cl.[HH]. The molecule has 0 rings (SSSR count). The maximum absolute atomic E-state index is 9.09. The van der Waals surface area contributed by atoms with E-state index in [0.717, 1.165) is 26.1 Å². The first-order valence-corrected chi connectivity index (χ1v) is 12.2. The number of alkyl halides is 1. The van der Waals surface area contributed by atoms with Gasteiger partial charge < -0.3 is 15.0 Å². The molecule has 0 aromatic rings. The van der Waals surface area contributed by atoms with Crippen molar-refractivity contribution in [3.05, 3.63) is 0 Å². The molecule has 182 valence electrons. The summed E-state index contributed by atoms with van der Waals surface area (Å²) in [4.78, 5) is 17.8. The van der Waals surface area contributed by atoms with Gasteiger partial charge in [0.25, 0.3) is 5.97 Å². The molecular formula is C19H49Cl3O5S. The first kappa shape index (κ1) is 51.1. The lowest BCUT2D eigenvalue weighted by Crippen LogP contribution is -1.93. The van der Waals surface area contributed by atoms with Gasteiger partial charge >= 0.3 is 0 Å². The number of halogens is 3. The van der Waals surface area contributed by atoms with Crippen LogP contribution in [0, 0.1) is 0 Å². The molecule has 28 heavy (non-hydrogen) atoms. The zero-order valence-corrected chi connectivity index (χ0v) is 21.8. The maximum Gasteiger partial charge on any atom is 0.300 e. The van der Waals surface area contributed by atoms with Crippen LogP contribution in [-0.2, 0) is 18.8 Å². The molecule has 0 aromatic carbocycles. The monoisotopic (exact) mass is 494 g/mol. The molecule has 0 saturated heterocycles. The van der Waals surface area contributed by atoms with Gasteiger partial charge in [0.2, 0.25) is 9.23 Å². The lowest BCUT2D eigenvalue weighted by atomic mass is 10.3. The molecule has 2 unspecified atom stereocenters. The summed E-state index contributed by atoms with van der Waals surface area (Å²) in [6.07, 6.45) is 5.21. The third kappa shape index (κ3) is 629. The second-order valence-corrected chi connectivity index (χ2v) is 7.65. The number of carboxylic acids is 1. The van der Waals surface area contributed by atoms with Crippen molar-refractivity contribution in [2.75, 3.05) is 0 Å². The van der Waals surface area contributed by atoms with Crippen LogP contribution in [-0.4, -0.2) is 38.2 Å². The van der Waals surface area contributed by atoms with Gasteiger partial charge in [-0.1, -0.05) is 61.8 Å². The molecule has 0 aliphatic carbocycles. The molecule has 5 nitrogen and oxygen atoms in total. The maximum atomic E-state index is 9.09. The Labute approximate surface area is 193 Å². The van der Waals surface area contributed by atoms with Crippen molar-refractivity contribution in [3.63, 3.8) is 0 Å². The third-order valence-corrected chi connectivity index (χ3v) is 1.96. The summed E-state index contributed by atoms with van der Waals surface area (Å²) in [6.45, 7) is 18.7. The van der Waals surface area contributed by atoms with Gasteiger partial charge in [0.1, 0.15) is 6.29 Å². The summed E-state index contributed by atoms with van der Waals surface area (Å²) in [6, 6.07) is 0. The molecule has 0 aliphatic heterocycles. The van der Waals surface area contributed by atoms with Gasteiger partial charge in [-0.05, 0) is 33.6 Å². The molecule has 0 aliphatic rings. The zero-order valence-electron chi connectivity index (χ0n) is 18.7. The number of unbranched alkanes of at least 4 members (excludes halogenated alkanes) is 1. The number of hydrogen-bond donors (Lipinski definition) is 2. The average molecular weight is 496 g/mol. The third-order valence-electron chi connectivity index (χ3n) is 1.65. The lowest BCUT2D eigenvalue weighted by molar-refractivity contribution is -0.134. The van der Waals surface area contributed by atoms with E-state index in [1.54, 1.807) is 6.92 Å². The summed E-state index contributed by atoms with van der Waals surface area (Å²) in [5.41, 5.74) is 0. The molecule has 0 fully saturated rings. The Kier molecular flexibility index (Phi) is 115. The Morgan fingerprint density at radius 1 is 1.07 bits per heavy atom. The van der Waals surface area contributed by atoms with Crippen LogP contribution >= 0.6 is 33.0 Å². The summed E-state index contributed by atoms with van der Waals surface area (Å²) in [7, 11) is 7.36. The molecule has 0 spiro atoms. The summed E-state index contributed by atoms with van der Waals surface area (Å²) < 4.78 is 9.09. The number of carbonyl (C=O) groups is 2. The number of aliphatic carboxylic acids is 1. The molecule has 0 bridgehead atoms. The minimum atomic E-state index is -1.67. The Morgan fingerprint density at radius 3 is 1.18 bits per heavy atom. The first-order chi connectivity index (χ1) is 12.3. The van der Waals surface area contributed by atoms with E-state index in [0.29, 0.717) is 5.38 Å². The van der Waals surface area contributed by atoms with Crippen LogP contribution in [0.2, 0.25) is 0 Å². The molecule has 0 aromatic heterocycles. The number of aliphatic hydroxyl groups excluding tert-OH is 1. The van der Waals surface area contributed by atoms with Gasteiger partial charge in [-0.2, -0.15) is 0 Å². The van der Waals surface area contributed by atoms with E-state index in [4.69, 9.17) is 35.6 Å². The topological polar surface area (TPSA) is 91.7 Å². The highest BCUT2D eigenvalue weighted by Crippen LogP contribution is 1.95. The van der Waals surface area contributed by atoms with Crippen molar-refractivity contribution in [2.45, 2.75) is 114 Å². The van der Waals surface area contributed by atoms with Crippen LogP contribution in [0.15, 0.2) is 0 Å². The van der Waals surface area contributed by atoms with Crippen molar-refractivity contribution in [3.8, 4) is 0 Å². The Balaban J connectivity index is -0.0000000231. The highest BCUT2D eigenvalue weighted by atomic mass is 36.0. The normalized spacial score (nSPS) is 9.25. The molecule has 2 N–H and O–H groups in total. The minimum Gasteiger partial charge on any atom is -0.481 e. The molecule has 0 radical (unpaired) electrons. The van der Waals surface area contributed by atoms with Crippen LogP contribution in [0.5, 0.6) is 0 Å².